The van der Waals surface area contributed by atoms with E-state index in [2.05, 4.69) is 31.4 Å². The lowest BCUT2D eigenvalue weighted by Gasteiger charge is -2.32. The van der Waals surface area contributed by atoms with Crippen molar-refractivity contribution in [2.45, 2.75) is 26.8 Å². The molecule has 1 aliphatic rings. The van der Waals surface area contributed by atoms with E-state index in [-0.39, 0.29) is 11.8 Å². The molecular formula is C8H16N2O. The molecule has 3 nitrogen and oxygen atoms in total. The molecule has 0 bridgehead atoms. The summed E-state index contributed by atoms with van der Waals surface area (Å²) >= 11 is 0. The zero-order chi connectivity index (χ0) is 8.43. The molecule has 1 heterocycles. The van der Waals surface area contributed by atoms with Gasteiger partial charge in [0.25, 0.3) is 0 Å². The summed E-state index contributed by atoms with van der Waals surface area (Å²) in [6, 6.07) is 0.309. The van der Waals surface area contributed by atoms with Gasteiger partial charge in [0.05, 0.1) is 12.6 Å². The highest BCUT2D eigenvalue weighted by molar-refractivity contribution is 5.80. The van der Waals surface area contributed by atoms with Gasteiger partial charge in [0, 0.05) is 6.04 Å². The summed E-state index contributed by atoms with van der Waals surface area (Å²) in [6.07, 6.45) is 0. The lowest BCUT2D eigenvalue weighted by molar-refractivity contribution is -0.129. The molecule has 0 saturated carbocycles. The molecule has 1 saturated heterocycles. The monoisotopic (exact) mass is 156 g/mol. The molecule has 64 valence electrons. The van der Waals surface area contributed by atoms with Crippen LogP contribution in [-0.4, -0.2) is 18.6 Å². The van der Waals surface area contributed by atoms with E-state index in [1.54, 1.807) is 0 Å². The normalized spacial score (nSPS) is 32.2. The van der Waals surface area contributed by atoms with Gasteiger partial charge in [0.2, 0.25) is 5.91 Å². The molecule has 0 aliphatic carbocycles. The number of rotatable bonds is 1. The zero-order valence-electron chi connectivity index (χ0n) is 7.35. The summed E-state index contributed by atoms with van der Waals surface area (Å²) in [5.74, 6) is 0.729. The van der Waals surface area contributed by atoms with Crippen LogP contribution < -0.4 is 10.6 Å². The second kappa shape index (κ2) is 3.22. The van der Waals surface area contributed by atoms with Crippen molar-refractivity contribution in [1.29, 1.82) is 0 Å². The van der Waals surface area contributed by atoms with Gasteiger partial charge >= 0.3 is 0 Å². The van der Waals surface area contributed by atoms with Gasteiger partial charge in [-0.25, -0.2) is 0 Å². The summed E-state index contributed by atoms with van der Waals surface area (Å²) in [6.45, 7) is 6.83. The van der Waals surface area contributed by atoms with Crippen molar-refractivity contribution in [2.75, 3.05) is 6.67 Å². The van der Waals surface area contributed by atoms with Crippen LogP contribution in [0.4, 0.5) is 0 Å². The topological polar surface area (TPSA) is 41.1 Å². The number of hydrogen-bond acceptors (Lipinski definition) is 2. The minimum absolute atomic E-state index is 0.128. The number of carbonyl (C=O) groups excluding carboxylic acids is 1. The van der Waals surface area contributed by atoms with Crippen molar-refractivity contribution in [3.63, 3.8) is 0 Å². The average Bonchev–Trinajstić information content (AvgIpc) is 1.85. The Balaban J connectivity index is 2.63. The SMILES string of the molecule is CC(C)C1C(=O)NCNC1C. The highest BCUT2D eigenvalue weighted by Gasteiger charge is 2.30. The van der Waals surface area contributed by atoms with Crippen LogP contribution in [0.1, 0.15) is 20.8 Å². The first-order valence-corrected chi connectivity index (χ1v) is 4.14. The highest BCUT2D eigenvalue weighted by Crippen LogP contribution is 2.17. The third-order valence-corrected chi connectivity index (χ3v) is 2.25. The minimum Gasteiger partial charge on any atom is -0.343 e. The summed E-state index contributed by atoms with van der Waals surface area (Å²) < 4.78 is 0. The van der Waals surface area contributed by atoms with Crippen LogP contribution in [0.2, 0.25) is 0 Å². The Labute approximate surface area is 67.5 Å². The van der Waals surface area contributed by atoms with Crippen molar-refractivity contribution >= 4 is 5.91 Å². The van der Waals surface area contributed by atoms with Gasteiger partial charge in [0.15, 0.2) is 0 Å². The van der Waals surface area contributed by atoms with E-state index >= 15 is 0 Å². The maximum atomic E-state index is 11.3. The van der Waals surface area contributed by atoms with Crippen LogP contribution in [0.3, 0.4) is 0 Å². The van der Waals surface area contributed by atoms with Crippen LogP contribution in [0.15, 0.2) is 0 Å². The Morgan fingerprint density at radius 2 is 2.18 bits per heavy atom. The molecule has 1 amide bonds. The van der Waals surface area contributed by atoms with Crippen molar-refractivity contribution in [3.05, 3.63) is 0 Å². The lowest BCUT2D eigenvalue weighted by Crippen LogP contribution is -2.55. The molecule has 0 aromatic heterocycles. The predicted molar refractivity (Wildman–Crippen MR) is 43.9 cm³/mol. The lowest BCUT2D eigenvalue weighted by atomic mass is 9.87. The van der Waals surface area contributed by atoms with Gasteiger partial charge in [-0.05, 0) is 12.8 Å². The van der Waals surface area contributed by atoms with E-state index < -0.39 is 0 Å². The van der Waals surface area contributed by atoms with Crippen LogP contribution >= 0.6 is 0 Å². The predicted octanol–water partition coefficient (Wildman–Crippen LogP) is 0.324. The van der Waals surface area contributed by atoms with E-state index in [0.29, 0.717) is 18.6 Å². The smallest absolute Gasteiger partial charge is 0.225 e. The molecule has 3 heteroatoms. The summed E-state index contributed by atoms with van der Waals surface area (Å²) in [5.41, 5.74) is 0. The maximum Gasteiger partial charge on any atom is 0.225 e. The van der Waals surface area contributed by atoms with Gasteiger partial charge in [-0.15, -0.1) is 0 Å². The molecule has 1 fully saturated rings. The molecule has 11 heavy (non-hydrogen) atoms. The molecule has 0 aromatic rings. The Morgan fingerprint density at radius 1 is 1.55 bits per heavy atom. The Bertz CT molecular complexity index is 156. The minimum atomic E-state index is 0.128. The van der Waals surface area contributed by atoms with Gasteiger partial charge in [-0.3, -0.25) is 10.1 Å². The van der Waals surface area contributed by atoms with E-state index in [9.17, 15) is 4.79 Å². The van der Waals surface area contributed by atoms with Crippen LogP contribution in [0.25, 0.3) is 0 Å². The molecule has 0 radical (unpaired) electrons. The van der Waals surface area contributed by atoms with Gasteiger partial charge in [0.1, 0.15) is 0 Å². The first kappa shape index (κ1) is 8.53. The first-order chi connectivity index (χ1) is 5.13. The summed E-state index contributed by atoms with van der Waals surface area (Å²) in [4.78, 5) is 11.3. The molecule has 0 spiro atoms. The molecule has 1 aliphatic heterocycles. The summed E-state index contributed by atoms with van der Waals surface area (Å²) in [7, 11) is 0. The Morgan fingerprint density at radius 3 is 2.55 bits per heavy atom. The van der Waals surface area contributed by atoms with E-state index in [4.69, 9.17) is 0 Å². The van der Waals surface area contributed by atoms with E-state index in [1.807, 2.05) is 0 Å². The highest BCUT2D eigenvalue weighted by atomic mass is 16.2. The zero-order valence-corrected chi connectivity index (χ0v) is 7.35. The molecule has 0 aromatic carbocycles. The van der Waals surface area contributed by atoms with E-state index in [1.165, 1.54) is 0 Å². The Hall–Kier alpha value is -0.570. The van der Waals surface area contributed by atoms with Gasteiger partial charge in [-0.1, -0.05) is 13.8 Å². The number of amides is 1. The molecule has 2 N–H and O–H groups in total. The maximum absolute atomic E-state index is 11.3. The van der Waals surface area contributed by atoms with Crippen molar-refractivity contribution in [3.8, 4) is 0 Å². The van der Waals surface area contributed by atoms with Crippen molar-refractivity contribution in [2.24, 2.45) is 11.8 Å². The second-order valence-electron chi connectivity index (χ2n) is 3.48. The fourth-order valence-electron chi connectivity index (χ4n) is 1.65. The number of carbonyl (C=O) groups is 1. The standard InChI is InChI=1S/C8H16N2O/c1-5(2)7-6(3)9-4-10-8(7)11/h5-7,9H,4H2,1-3H3,(H,10,11). The van der Waals surface area contributed by atoms with Gasteiger partial charge < -0.3 is 5.32 Å². The van der Waals surface area contributed by atoms with Gasteiger partial charge in [-0.2, -0.15) is 0 Å². The number of hydrogen-bond donors (Lipinski definition) is 2. The fourth-order valence-corrected chi connectivity index (χ4v) is 1.65. The molecule has 2 atom stereocenters. The van der Waals surface area contributed by atoms with Crippen molar-refractivity contribution in [1.82, 2.24) is 10.6 Å². The average molecular weight is 156 g/mol. The fraction of sp³-hybridized carbons (Fsp3) is 0.875. The second-order valence-corrected chi connectivity index (χ2v) is 3.48. The third kappa shape index (κ3) is 1.71. The van der Waals surface area contributed by atoms with Crippen LogP contribution in [0.5, 0.6) is 0 Å². The Kier molecular flexibility index (Phi) is 2.49. The molecule has 1 rings (SSSR count). The quantitative estimate of drug-likeness (QED) is 0.574. The largest absolute Gasteiger partial charge is 0.343 e. The van der Waals surface area contributed by atoms with Crippen LogP contribution in [-0.2, 0) is 4.79 Å². The molecular weight excluding hydrogens is 140 g/mol. The van der Waals surface area contributed by atoms with E-state index in [0.717, 1.165) is 0 Å². The summed E-state index contributed by atoms with van der Waals surface area (Å²) in [5, 5.41) is 6.01. The van der Waals surface area contributed by atoms with Crippen molar-refractivity contribution < 1.29 is 4.79 Å². The molecule has 2 unspecified atom stereocenters. The third-order valence-electron chi connectivity index (χ3n) is 2.25. The number of nitrogens with one attached hydrogen (secondary N) is 2. The van der Waals surface area contributed by atoms with Crippen LogP contribution in [0, 0.1) is 11.8 Å². The first-order valence-electron chi connectivity index (χ1n) is 4.14.